The summed E-state index contributed by atoms with van der Waals surface area (Å²) in [6, 6.07) is 8.66. The monoisotopic (exact) mass is 991 g/mol. The molecule has 1 aliphatic heterocycles. The fraction of sp³-hybridized carbons (Fsp3) is 0.491. The number of benzene rings is 2. The summed E-state index contributed by atoms with van der Waals surface area (Å²) in [6.07, 6.45) is 7.37. The quantitative estimate of drug-likeness (QED) is 0.0490. The Bertz CT molecular complexity index is 2770. The van der Waals surface area contributed by atoms with Crippen LogP contribution in [0.25, 0.3) is 16.5 Å². The second-order valence-electron chi connectivity index (χ2n) is 19.3. The normalized spacial score (nSPS) is 21.5. The Morgan fingerprint density at radius 1 is 0.903 bits per heavy atom. The number of fused-ring (bicyclic) bond motifs is 4. The van der Waals surface area contributed by atoms with E-state index in [-0.39, 0.29) is 67.9 Å². The number of unbranched alkanes of at least 4 members (excludes halogenated alkanes) is 2. The van der Waals surface area contributed by atoms with E-state index in [1.54, 1.807) is 50.3 Å². The number of carbonyl (C=O) groups excluding carboxylic acids is 8. The number of aliphatic hydroxyl groups is 1. The molecule has 382 valence electrons. The Labute approximate surface area is 416 Å². The molecular formula is C53H62FN7O11. The first-order valence-corrected chi connectivity index (χ1v) is 24.9. The number of carbonyl (C=O) groups is 8. The smallest absolute Gasteiger partial charge is 0.343 e. The van der Waals surface area contributed by atoms with Crippen LogP contribution < -0.4 is 31.9 Å². The van der Waals surface area contributed by atoms with Crippen LogP contribution in [-0.4, -0.2) is 108 Å². The minimum absolute atomic E-state index is 0.0205. The standard InChI is InChI=1S/C53H62FN7O11/c1-4-6-8-13-42(63)55-24-43(64)56-26-45(66)59-40(20-30-11-9-7-10-12-30)49(67)57-25-44(65)58-28-72-52(18-19-52)50(68)61-38-16-15-32-29(3)37(54)23-39-46(32)47(38)34-21-31-14-17-41(62)35-27-71-51(69)53(70,5-2)36(35)22-33(31)48(34)60-39/h7,9-12,22-23,31,38,40,70H,4-6,8,13-21,24-28H2,1-3H3,(H,55,63)(H,56,64)(H,57,67)(H,58,65)(H,59,66)(H,61,68)/b33-22+/t31?,38-,40-,53-/m0/s1. The molecular weight excluding hydrogens is 930 g/mol. The van der Waals surface area contributed by atoms with Crippen LogP contribution in [0.3, 0.4) is 0 Å². The van der Waals surface area contributed by atoms with Crippen LogP contribution >= 0.6 is 0 Å². The average molecular weight is 992 g/mol. The van der Waals surface area contributed by atoms with E-state index in [2.05, 4.69) is 31.9 Å². The maximum Gasteiger partial charge on any atom is 0.343 e. The number of cyclic esters (lactones) is 1. The first-order chi connectivity index (χ1) is 34.5. The maximum atomic E-state index is 15.6. The summed E-state index contributed by atoms with van der Waals surface area (Å²) in [5.41, 5.74) is 2.54. The second kappa shape index (κ2) is 21.9. The molecule has 4 aliphatic carbocycles. The van der Waals surface area contributed by atoms with Gasteiger partial charge in [-0.15, -0.1) is 0 Å². The number of nitrogens with zero attached hydrogens (tertiary/aromatic N) is 1. The number of ketones is 1. The molecule has 2 heterocycles. The van der Waals surface area contributed by atoms with Crippen molar-refractivity contribution in [3.8, 4) is 0 Å². The van der Waals surface area contributed by atoms with Crippen LogP contribution in [0.4, 0.5) is 4.39 Å². The van der Waals surface area contributed by atoms with Crippen LogP contribution in [0.1, 0.15) is 118 Å². The molecule has 3 aromatic rings. The number of amides is 6. The highest BCUT2D eigenvalue weighted by Gasteiger charge is 2.53. The van der Waals surface area contributed by atoms with Gasteiger partial charge in [0.1, 0.15) is 30.8 Å². The van der Waals surface area contributed by atoms with Gasteiger partial charge >= 0.3 is 5.97 Å². The highest BCUT2D eigenvalue weighted by Crippen LogP contribution is 2.50. The van der Waals surface area contributed by atoms with Gasteiger partial charge in [0, 0.05) is 41.9 Å². The van der Waals surface area contributed by atoms with Crippen LogP contribution in [-0.2, 0) is 67.1 Å². The van der Waals surface area contributed by atoms with Crippen molar-refractivity contribution < 1.29 is 57.3 Å². The molecule has 6 amide bonds. The zero-order valence-corrected chi connectivity index (χ0v) is 40.9. The number of allylic oxidation sites excluding steroid dienone is 1. The van der Waals surface area contributed by atoms with E-state index in [0.717, 1.165) is 46.1 Å². The van der Waals surface area contributed by atoms with E-state index in [4.69, 9.17) is 14.5 Å². The lowest BCUT2D eigenvalue weighted by molar-refractivity contribution is -0.163. The number of ether oxygens (including phenoxy) is 2. The third kappa shape index (κ3) is 11.0. The Kier molecular flexibility index (Phi) is 15.6. The van der Waals surface area contributed by atoms with Crippen LogP contribution in [0.5, 0.6) is 0 Å². The van der Waals surface area contributed by atoms with Gasteiger partial charge in [-0.3, -0.25) is 33.6 Å². The summed E-state index contributed by atoms with van der Waals surface area (Å²) in [7, 11) is 0. The summed E-state index contributed by atoms with van der Waals surface area (Å²) >= 11 is 0. The van der Waals surface area contributed by atoms with Crippen molar-refractivity contribution in [2.45, 2.75) is 128 Å². The molecule has 1 saturated carbocycles. The van der Waals surface area contributed by atoms with Crippen LogP contribution in [0.15, 0.2) is 53.6 Å². The minimum Gasteiger partial charge on any atom is -0.458 e. The third-order valence-corrected chi connectivity index (χ3v) is 14.6. The number of aryl methyl sites for hydroxylation is 1. The highest BCUT2D eigenvalue weighted by molar-refractivity contribution is 6.03. The lowest BCUT2D eigenvalue weighted by Crippen LogP contribution is -2.52. The molecule has 19 heteroatoms. The van der Waals surface area contributed by atoms with Gasteiger partial charge in [-0.05, 0) is 104 Å². The zero-order chi connectivity index (χ0) is 51.3. The van der Waals surface area contributed by atoms with Gasteiger partial charge in [-0.2, -0.15) is 0 Å². The van der Waals surface area contributed by atoms with Crippen molar-refractivity contribution in [2.75, 3.05) is 33.0 Å². The Morgan fingerprint density at radius 3 is 2.36 bits per heavy atom. The topological polar surface area (TPSA) is 260 Å². The van der Waals surface area contributed by atoms with Crippen molar-refractivity contribution in [2.24, 2.45) is 5.92 Å². The number of pyridine rings is 1. The van der Waals surface area contributed by atoms with Crippen LogP contribution in [0, 0.1) is 18.7 Å². The van der Waals surface area contributed by atoms with Crippen molar-refractivity contribution in [1.82, 2.24) is 36.9 Å². The summed E-state index contributed by atoms with van der Waals surface area (Å²) in [6.45, 7) is 3.56. The van der Waals surface area contributed by atoms with Crippen molar-refractivity contribution in [1.29, 1.82) is 0 Å². The van der Waals surface area contributed by atoms with Gasteiger partial charge in [0.25, 0.3) is 5.91 Å². The van der Waals surface area contributed by atoms with Gasteiger partial charge in [-0.1, -0.05) is 57.0 Å². The molecule has 0 spiro atoms. The molecule has 1 fully saturated rings. The second-order valence-corrected chi connectivity index (χ2v) is 19.3. The number of nitrogens with one attached hydrogen (secondary N) is 6. The number of hydrogen-bond donors (Lipinski definition) is 7. The Hall–Kier alpha value is -6.86. The van der Waals surface area contributed by atoms with Crippen molar-refractivity contribution >= 4 is 63.7 Å². The van der Waals surface area contributed by atoms with E-state index in [9.17, 15) is 43.5 Å². The third-order valence-electron chi connectivity index (χ3n) is 14.6. The predicted octanol–water partition coefficient (Wildman–Crippen LogP) is 2.98. The molecule has 7 N–H and O–H groups in total. The van der Waals surface area contributed by atoms with Crippen LogP contribution in [0.2, 0.25) is 0 Å². The number of halogens is 1. The van der Waals surface area contributed by atoms with E-state index in [1.807, 2.05) is 6.92 Å². The van der Waals surface area contributed by atoms with E-state index < -0.39 is 77.7 Å². The molecule has 8 rings (SSSR count). The molecule has 2 aromatic carbocycles. The van der Waals surface area contributed by atoms with Gasteiger partial charge in [0.15, 0.2) is 11.4 Å². The zero-order valence-electron chi connectivity index (χ0n) is 40.9. The summed E-state index contributed by atoms with van der Waals surface area (Å²) in [5, 5.41) is 28.3. The predicted molar refractivity (Wildman–Crippen MR) is 260 cm³/mol. The molecule has 1 unspecified atom stereocenters. The van der Waals surface area contributed by atoms with Crippen molar-refractivity contribution in [3.05, 3.63) is 92.9 Å². The lowest BCUT2D eigenvalue weighted by Gasteiger charge is -2.34. The molecule has 0 radical (unpaired) electrons. The maximum absolute atomic E-state index is 15.6. The molecule has 0 saturated heterocycles. The Morgan fingerprint density at radius 2 is 1.62 bits per heavy atom. The molecule has 0 bridgehead atoms. The first-order valence-electron chi connectivity index (χ1n) is 24.9. The number of Topliss-reactive ketones (excluding diaryl/α,β-unsaturated/α-hetero) is 1. The summed E-state index contributed by atoms with van der Waals surface area (Å²) < 4.78 is 26.9. The molecule has 72 heavy (non-hydrogen) atoms. The number of esters is 1. The molecule has 1 aromatic heterocycles. The highest BCUT2D eigenvalue weighted by atomic mass is 19.1. The molecule has 5 aliphatic rings. The van der Waals surface area contributed by atoms with E-state index in [1.165, 1.54) is 6.07 Å². The van der Waals surface area contributed by atoms with Gasteiger partial charge in [0.05, 0.1) is 36.9 Å². The van der Waals surface area contributed by atoms with Crippen molar-refractivity contribution in [3.63, 3.8) is 0 Å². The molecule has 4 atom stereocenters. The largest absolute Gasteiger partial charge is 0.458 e. The number of hydrogen-bond acceptors (Lipinski definition) is 12. The fourth-order valence-electron chi connectivity index (χ4n) is 10.2. The van der Waals surface area contributed by atoms with Gasteiger partial charge in [-0.25, -0.2) is 14.2 Å². The first kappa shape index (κ1) is 51.5. The lowest BCUT2D eigenvalue weighted by atomic mass is 9.79. The summed E-state index contributed by atoms with van der Waals surface area (Å²) in [4.78, 5) is 109. The van der Waals surface area contributed by atoms with Gasteiger partial charge < -0.3 is 46.5 Å². The van der Waals surface area contributed by atoms with E-state index in [0.29, 0.717) is 68.1 Å². The summed E-state index contributed by atoms with van der Waals surface area (Å²) in [5.74, 6) is -4.83. The number of rotatable bonds is 20. The molecule has 18 nitrogen and oxygen atoms in total. The average Bonchev–Trinajstić information content (AvgIpc) is 4.09. The SMILES string of the molecule is CCCCCC(=O)NCC(=O)NCC(=O)N[C@@H](Cc1ccccc1)C(=O)NCC(=O)NCOC1(C(=O)N[C@H]2CCc3c(C)c(F)cc4nc5c(c2c34)CC2CCC(=O)C3=C(/C=C/52)[C@@](O)(CC)C(=O)OC3)CC1. The van der Waals surface area contributed by atoms with Gasteiger partial charge in [0.2, 0.25) is 29.5 Å². The number of aromatic nitrogens is 1. The fourth-order valence-corrected chi connectivity index (χ4v) is 10.2. The van der Waals surface area contributed by atoms with E-state index >= 15 is 4.39 Å². The minimum atomic E-state index is -2.03. The Balaban J connectivity index is 0.903.